The second-order valence-corrected chi connectivity index (χ2v) is 2.46. The number of thiocarbonyl (C=S) groups is 1. The predicted molar refractivity (Wildman–Crippen MR) is 41.1 cm³/mol. The Morgan fingerprint density at radius 1 is 1.70 bits per heavy atom. The molecule has 1 aliphatic heterocycles. The number of hydrogen-bond donors (Lipinski definition) is 3. The first-order valence-corrected chi connectivity index (χ1v) is 3.51. The molecule has 0 aliphatic carbocycles. The van der Waals surface area contributed by atoms with E-state index in [9.17, 15) is 4.79 Å². The van der Waals surface area contributed by atoms with Crippen LogP contribution >= 0.6 is 12.2 Å². The maximum Gasteiger partial charge on any atom is 0.245 e. The average Bonchev–Trinajstić information content (AvgIpc) is 1.88. The van der Waals surface area contributed by atoms with Crippen molar-refractivity contribution in [2.24, 2.45) is 0 Å². The molecule has 1 atom stereocenters. The van der Waals surface area contributed by atoms with Crippen LogP contribution in [0.5, 0.6) is 0 Å². The molecule has 5 heteroatoms. The third-order valence-corrected chi connectivity index (χ3v) is 1.53. The van der Waals surface area contributed by atoms with Gasteiger partial charge in [-0.1, -0.05) is 6.92 Å². The first-order valence-electron chi connectivity index (χ1n) is 3.10. The lowest BCUT2D eigenvalue weighted by atomic mass is 10.2. The van der Waals surface area contributed by atoms with Gasteiger partial charge in [0, 0.05) is 0 Å². The van der Waals surface area contributed by atoms with Crippen LogP contribution in [0, 0.1) is 0 Å². The van der Waals surface area contributed by atoms with Gasteiger partial charge in [0.25, 0.3) is 0 Å². The van der Waals surface area contributed by atoms with Crippen LogP contribution in [0.2, 0.25) is 0 Å². The van der Waals surface area contributed by atoms with Crippen molar-refractivity contribution in [1.82, 2.24) is 16.2 Å². The van der Waals surface area contributed by atoms with Crippen LogP contribution in [0.15, 0.2) is 0 Å². The average molecular weight is 159 g/mol. The molecule has 1 saturated heterocycles. The first-order chi connectivity index (χ1) is 4.74. The molecule has 1 heterocycles. The molecule has 0 radical (unpaired) electrons. The zero-order valence-electron chi connectivity index (χ0n) is 5.60. The Bertz CT molecular complexity index is 170. The fraction of sp³-hybridized carbons (Fsp3) is 0.600. The monoisotopic (exact) mass is 159 g/mol. The number of rotatable bonds is 1. The van der Waals surface area contributed by atoms with Crippen molar-refractivity contribution < 1.29 is 4.79 Å². The van der Waals surface area contributed by atoms with E-state index in [1.807, 2.05) is 6.92 Å². The van der Waals surface area contributed by atoms with Gasteiger partial charge in [-0.2, -0.15) is 0 Å². The van der Waals surface area contributed by atoms with Crippen molar-refractivity contribution >= 4 is 23.2 Å². The Hall–Kier alpha value is -0.680. The molecule has 0 aromatic heterocycles. The summed E-state index contributed by atoms with van der Waals surface area (Å²) in [5.41, 5.74) is 5.43. The third kappa shape index (κ3) is 1.43. The highest BCUT2D eigenvalue weighted by Crippen LogP contribution is 1.92. The van der Waals surface area contributed by atoms with Gasteiger partial charge in [-0.05, 0) is 18.6 Å². The molecule has 0 aromatic carbocycles. The van der Waals surface area contributed by atoms with E-state index in [-0.39, 0.29) is 11.9 Å². The van der Waals surface area contributed by atoms with E-state index in [1.165, 1.54) is 0 Å². The number of hydrogen-bond acceptors (Lipinski definition) is 3. The second-order valence-electron chi connectivity index (χ2n) is 2.05. The van der Waals surface area contributed by atoms with E-state index in [0.717, 1.165) is 6.42 Å². The van der Waals surface area contributed by atoms with Crippen LogP contribution < -0.4 is 16.2 Å². The van der Waals surface area contributed by atoms with Crippen molar-refractivity contribution in [3.05, 3.63) is 0 Å². The highest BCUT2D eigenvalue weighted by Gasteiger charge is 2.21. The minimum atomic E-state index is -0.160. The molecule has 1 rings (SSSR count). The van der Waals surface area contributed by atoms with Gasteiger partial charge in [0.15, 0.2) is 5.11 Å². The van der Waals surface area contributed by atoms with Gasteiger partial charge in [-0.15, -0.1) is 0 Å². The summed E-state index contributed by atoms with van der Waals surface area (Å²) in [5.74, 6) is -0.0637. The Labute approximate surface area is 64.3 Å². The summed E-state index contributed by atoms with van der Waals surface area (Å²) in [6, 6.07) is -0.160. The SMILES string of the molecule is CCC1NNC(=S)NC1=O. The standard InChI is InChI=1S/C5H9N3OS/c1-2-3-4(9)6-5(10)8-7-3/h3,7H,2H2,1H3,(H2,6,8,9,10). The highest BCUT2D eigenvalue weighted by atomic mass is 32.1. The summed E-state index contributed by atoms with van der Waals surface area (Å²) in [5, 5.41) is 2.84. The van der Waals surface area contributed by atoms with Crippen molar-refractivity contribution in [3.63, 3.8) is 0 Å². The van der Waals surface area contributed by atoms with Gasteiger partial charge in [0.2, 0.25) is 5.91 Å². The topological polar surface area (TPSA) is 53.2 Å². The fourth-order valence-electron chi connectivity index (χ4n) is 0.736. The molecule has 10 heavy (non-hydrogen) atoms. The lowest BCUT2D eigenvalue weighted by Crippen LogP contribution is -2.61. The number of carbonyl (C=O) groups excluding carboxylic acids is 1. The predicted octanol–water partition coefficient (Wildman–Crippen LogP) is -0.726. The van der Waals surface area contributed by atoms with Crippen LogP contribution in [0.4, 0.5) is 0 Å². The van der Waals surface area contributed by atoms with Crippen molar-refractivity contribution in [1.29, 1.82) is 0 Å². The van der Waals surface area contributed by atoms with Crippen LogP contribution in [-0.2, 0) is 4.79 Å². The molecule has 1 amide bonds. The maximum atomic E-state index is 10.9. The molecule has 0 bridgehead atoms. The van der Waals surface area contributed by atoms with Gasteiger partial charge in [0.05, 0.1) is 0 Å². The summed E-state index contributed by atoms with van der Waals surface area (Å²) in [6.45, 7) is 1.92. The van der Waals surface area contributed by atoms with E-state index in [1.54, 1.807) is 0 Å². The largest absolute Gasteiger partial charge is 0.301 e. The number of carbonyl (C=O) groups is 1. The number of amides is 1. The summed E-state index contributed by atoms with van der Waals surface area (Å²) >= 11 is 4.68. The molecule has 1 unspecified atom stereocenters. The van der Waals surface area contributed by atoms with E-state index < -0.39 is 0 Å². The fourth-order valence-corrected chi connectivity index (χ4v) is 0.895. The lowest BCUT2D eigenvalue weighted by molar-refractivity contribution is -0.122. The van der Waals surface area contributed by atoms with Crippen LogP contribution in [0.1, 0.15) is 13.3 Å². The second kappa shape index (κ2) is 2.94. The van der Waals surface area contributed by atoms with Crippen LogP contribution in [0.25, 0.3) is 0 Å². The Kier molecular flexibility index (Phi) is 2.18. The van der Waals surface area contributed by atoms with E-state index in [2.05, 4.69) is 28.4 Å². The normalized spacial score (nSPS) is 25.5. The van der Waals surface area contributed by atoms with Gasteiger partial charge < -0.3 is 5.32 Å². The van der Waals surface area contributed by atoms with Gasteiger partial charge in [0.1, 0.15) is 6.04 Å². The molecular weight excluding hydrogens is 150 g/mol. The Morgan fingerprint density at radius 2 is 2.40 bits per heavy atom. The van der Waals surface area contributed by atoms with Crippen molar-refractivity contribution in [2.45, 2.75) is 19.4 Å². The molecule has 3 N–H and O–H groups in total. The molecule has 0 spiro atoms. The molecule has 0 aromatic rings. The lowest BCUT2D eigenvalue weighted by Gasteiger charge is -2.23. The summed E-state index contributed by atoms with van der Waals surface area (Å²) in [6.07, 6.45) is 0.751. The van der Waals surface area contributed by atoms with Crippen LogP contribution in [-0.4, -0.2) is 17.1 Å². The summed E-state index contributed by atoms with van der Waals surface area (Å²) < 4.78 is 0. The summed E-state index contributed by atoms with van der Waals surface area (Å²) in [7, 11) is 0. The van der Waals surface area contributed by atoms with Gasteiger partial charge >= 0.3 is 0 Å². The number of hydrazine groups is 1. The first kappa shape index (κ1) is 7.43. The molecule has 56 valence electrons. The van der Waals surface area contributed by atoms with Gasteiger partial charge in [-0.3, -0.25) is 10.2 Å². The van der Waals surface area contributed by atoms with Crippen molar-refractivity contribution in [2.75, 3.05) is 0 Å². The molecule has 1 fully saturated rings. The summed E-state index contributed by atoms with van der Waals surface area (Å²) in [4.78, 5) is 10.9. The zero-order chi connectivity index (χ0) is 7.56. The van der Waals surface area contributed by atoms with Gasteiger partial charge in [-0.25, -0.2) is 5.43 Å². The molecule has 0 saturated carbocycles. The van der Waals surface area contributed by atoms with E-state index >= 15 is 0 Å². The minimum Gasteiger partial charge on any atom is -0.301 e. The zero-order valence-corrected chi connectivity index (χ0v) is 6.42. The minimum absolute atomic E-state index is 0.0637. The smallest absolute Gasteiger partial charge is 0.245 e. The maximum absolute atomic E-state index is 10.9. The highest BCUT2D eigenvalue weighted by molar-refractivity contribution is 7.80. The molecular formula is C5H9N3OS. The van der Waals surface area contributed by atoms with Crippen LogP contribution in [0.3, 0.4) is 0 Å². The number of nitrogens with one attached hydrogen (secondary N) is 3. The van der Waals surface area contributed by atoms with E-state index in [0.29, 0.717) is 5.11 Å². The molecule has 4 nitrogen and oxygen atoms in total. The van der Waals surface area contributed by atoms with Crippen molar-refractivity contribution in [3.8, 4) is 0 Å². The Morgan fingerprint density at radius 3 is 2.90 bits per heavy atom. The third-order valence-electron chi connectivity index (χ3n) is 1.32. The van der Waals surface area contributed by atoms with E-state index in [4.69, 9.17) is 0 Å². The molecule has 1 aliphatic rings. The quantitative estimate of drug-likeness (QED) is 0.442. The Balaban J connectivity index is 2.51.